The van der Waals surface area contributed by atoms with Crippen LogP contribution >= 0.6 is 0 Å². The van der Waals surface area contributed by atoms with E-state index in [0.717, 1.165) is 31.1 Å². The van der Waals surface area contributed by atoms with E-state index in [9.17, 15) is 13.6 Å². The Hall–Kier alpha value is -2.47. The number of primary amides is 1. The van der Waals surface area contributed by atoms with Gasteiger partial charge in [0.1, 0.15) is 17.4 Å². The van der Waals surface area contributed by atoms with Crippen LogP contribution < -0.4 is 15.8 Å². The summed E-state index contributed by atoms with van der Waals surface area (Å²) in [4.78, 5) is 11.3. The standard InChI is InChI=1S/C18H18F2N2O2/c19-14-7-13(8-15(20)9-14)16-3-1-2-12(17(16)24-18(21)23)6-11-4-5-22-10-11/h1-3,7-9,11,22H,4-6,10H2,(H2,21,23)/t11-/m0/s1. The number of benzene rings is 2. The summed E-state index contributed by atoms with van der Waals surface area (Å²) in [6.45, 7) is 1.83. The van der Waals surface area contributed by atoms with Crippen molar-refractivity contribution in [3.05, 3.63) is 53.6 Å². The minimum absolute atomic E-state index is 0.266. The van der Waals surface area contributed by atoms with E-state index >= 15 is 0 Å². The number of hydrogen-bond acceptors (Lipinski definition) is 3. The summed E-state index contributed by atoms with van der Waals surface area (Å²) in [5, 5.41) is 3.28. The molecule has 0 aliphatic carbocycles. The zero-order chi connectivity index (χ0) is 17.1. The van der Waals surface area contributed by atoms with Crippen LogP contribution in [0.4, 0.5) is 13.6 Å². The maximum absolute atomic E-state index is 13.6. The number of halogens is 2. The van der Waals surface area contributed by atoms with Crippen molar-refractivity contribution in [2.45, 2.75) is 12.8 Å². The van der Waals surface area contributed by atoms with Crippen LogP contribution in [0.25, 0.3) is 11.1 Å². The van der Waals surface area contributed by atoms with Gasteiger partial charge in [-0.1, -0.05) is 18.2 Å². The molecule has 1 amide bonds. The minimum atomic E-state index is -0.954. The van der Waals surface area contributed by atoms with Crippen LogP contribution in [0, 0.1) is 17.6 Å². The molecule has 0 spiro atoms. The molecule has 0 saturated carbocycles. The highest BCUT2D eigenvalue weighted by Gasteiger charge is 2.20. The molecule has 3 rings (SSSR count). The van der Waals surface area contributed by atoms with E-state index < -0.39 is 17.7 Å². The van der Waals surface area contributed by atoms with Crippen molar-refractivity contribution in [3.63, 3.8) is 0 Å². The molecule has 1 heterocycles. The second kappa shape index (κ2) is 6.97. The fourth-order valence-corrected chi connectivity index (χ4v) is 3.10. The normalized spacial score (nSPS) is 17.0. The van der Waals surface area contributed by atoms with Crippen LogP contribution in [0.15, 0.2) is 36.4 Å². The van der Waals surface area contributed by atoms with Crippen molar-refractivity contribution >= 4 is 6.09 Å². The quantitative estimate of drug-likeness (QED) is 0.903. The molecule has 2 aromatic carbocycles. The van der Waals surface area contributed by atoms with Crippen LogP contribution in [-0.2, 0) is 6.42 Å². The Bertz CT molecular complexity index is 738. The van der Waals surface area contributed by atoms with E-state index in [4.69, 9.17) is 10.5 Å². The van der Waals surface area contributed by atoms with Gasteiger partial charge in [0.2, 0.25) is 0 Å². The van der Waals surface area contributed by atoms with Crippen LogP contribution in [-0.4, -0.2) is 19.2 Å². The number of hydrogen-bond donors (Lipinski definition) is 2. The van der Waals surface area contributed by atoms with Crippen molar-refractivity contribution in [2.24, 2.45) is 11.7 Å². The number of amides is 1. The predicted molar refractivity (Wildman–Crippen MR) is 86.7 cm³/mol. The lowest BCUT2D eigenvalue weighted by Gasteiger charge is -2.16. The van der Waals surface area contributed by atoms with Crippen LogP contribution in [0.1, 0.15) is 12.0 Å². The second-order valence-corrected chi connectivity index (χ2v) is 5.94. The average molecular weight is 332 g/mol. The van der Waals surface area contributed by atoms with Crippen LogP contribution in [0.2, 0.25) is 0 Å². The van der Waals surface area contributed by atoms with E-state index in [2.05, 4.69) is 5.32 Å². The fourth-order valence-electron chi connectivity index (χ4n) is 3.10. The molecule has 24 heavy (non-hydrogen) atoms. The molecular formula is C18H18F2N2O2. The van der Waals surface area contributed by atoms with Crippen molar-refractivity contribution in [3.8, 4) is 16.9 Å². The molecule has 0 unspecified atom stereocenters. The average Bonchev–Trinajstić information content (AvgIpc) is 3.00. The van der Waals surface area contributed by atoms with E-state index in [1.807, 2.05) is 6.07 Å². The molecule has 2 aromatic rings. The van der Waals surface area contributed by atoms with Crippen molar-refractivity contribution in [1.29, 1.82) is 0 Å². The van der Waals surface area contributed by atoms with Gasteiger partial charge in [0.25, 0.3) is 0 Å². The third kappa shape index (κ3) is 3.71. The Morgan fingerprint density at radius 1 is 1.25 bits per heavy atom. The predicted octanol–water partition coefficient (Wildman–Crippen LogP) is 3.24. The van der Waals surface area contributed by atoms with Gasteiger partial charge in [0.05, 0.1) is 0 Å². The Morgan fingerprint density at radius 2 is 2.00 bits per heavy atom. The summed E-state index contributed by atoms with van der Waals surface area (Å²) in [5.41, 5.74) is 6.72. The SMILES string of the molecule is NC(=O)Oc1c(C[C@@H]2CCNC2)cccc1-c1cc(F)cc(F)c1. The first-order valence-electron chi connectivity index (χ1n) is 7.79. The van der Waals surface area contributed by atoms with Gasteiger partial charge in [-0.2, -0.15) is 0 Å². The lowest BCUT2D eigenvalue weighted by atomic mass is 9.94. The van der Waals surface area contributed by atoms with Crippen LogP contribution in [0.5, 0.6) is 5.75 Å². The van der Waals surface area contributed by atoms with Gasteiger partial charge >= 0.3 is 6.09 Å². The maximum Gasteiger partial charge on any atom is 0.409 e. The molecule has 3 N–H and O–H groups in total. The number of nitrogens with one attached hydrogen (secondary N) is 1. The van der Waals surface area contributed by atoms with E-state index in [1.165, 1.54) is 12.1 Å². The van der Waals surface area contributed by atoms with Gasteiger partial charge in [-0.25, -0.2) is 13.6 Å². The lowest BCUT2D eigenvalue weighted by Crippen LogP contribution is -2.18. The molecule has 126 valence electrons. The number of nitrogens with two attached hydrogens (primary N) is 1. The van der Waals surface area contributed by atoms with Crippen molar-refractivity contribution < 1.29 is 18.3 Å². The molecule has 0 radical (unpaired) electrons. The number of para-hydroxylation sites is 1. The minimum Gasteiger partial charge on any atom is -0.410 e. The smallest absolute Gasteiger partial charge is 0.409 e. The molecule has 1 fully saturated rings. The summed E-state index contributed by atoms with van der Waals surface area (Å²) in [7, 11) is 0. The molecule has 4 nitrogen and oxygen atoms in total. The Morgan fingerprint density at radius 3 is 2.62 bits per heavy atom. The first kappa shape index (κ1) is 16.4. The fraction of sp³-hybridized carbons (Fsp3) is 0.278. The summed E-state index contributed by atoms with van der Waals surface area (Å²) >= 11 is 0. The summed E-state index contributed by atoms with van der Waals surface area (Å²) in [6.07, 6.45) is 0.765. The topological polar surface area (TPSA) is 64.4 Å². The maximum atomic E-state index is 13.6. The van der Waals surface area contributed by atoms with Gasteiger partial charge < -0.3 is 15.8 Å². The molecule has 0 aromatic heterocycles. The van der Waals surface area contributed by atoms with E-state index in [-0.39, 0.29) is 5.75 Å². The van der Waals surface area contributed by atoms with Gasteiger partial charge in [0, 0.05) is 11.6 Å². The van der Waals surface area contributed by atoms with Gasteiger partial charge in [0.15, 0.2) is 0 Å². The molecular weight excluding hydrogens is 314 g/mol. The summed E-state index contributed by atoms with van der Waals surface area (Å²) in [6, 6.07) is 8.48. The van der Waals surface area contributed by atoms with Gasteiger partial charge in [-0.15, -0.1) is 0 Å². The highest BCUT2D eigenvalue weighted by molar-refractivity contribution is 5.77. The first-order valence-corrected chi connectivity index (χ1v) is 7.79. The third-order valence-electron chi connectivity index (χ3n) is 4.14. The van der Waals surface area contributed by atoms with Gasteiger partial charge in [-0.3, -0.25) is 0 Å². The largest absolute Gasteiger partial charge is 0.410 e. The number of carbonyl (C=O) groups excluding carboxylic acids is 1. The number of ether oxygens (including phenoxy) is 1. The first-order chi connectivity index (χ1) is 11.5. The zero-order valence-electron chi connectivity index (χ0n) is 13.0. The highest BCUT2D eigenvalue weighted by Crippen LogP contribution is 2.36. The van der Waals surface area contributed by atoms with E-state index in [1.54, 1.807) is 12.1 Å². The second-order valence-electron chi connectivity index (χ2n) is 5.94. The summed E-state index contributed by atoms with van der Waals surface area (Å²) < 4.78 is 32.3. The summed E-state index contributed by atoms with van der Waals surface area (Å²) in [5.74, 6) is -0.706. The monoisotopic (exact) mass is 332 g/mol. The Kier molecular flexibility index (Phi) is 4.76. The molecule has 1 aliphatic heterocycles. The number of rotatable bonds is 4. The Balaban J connectivity index is 2.05. The molecule has 1 aliphatic rings. The van der Waals surface area contributed by atoms with Crippen LogP contribution in [0.3, 0.4) is 0 Å². The highest BCUT2D eigenvalue weighted by atomic mass is 19.1. The molecule has 1 atom stereocenters. The number of carbonyl (C=O) groups is 1. The Labute approximate surface area is 138 Å². The van der Waals surface area contributed by atoms with E-state index in [0.29, 0.717) is 23.5 Å². The third-order valence-corrected chi connectivity index (χ3v) is 4.14. The molecule has 1 saturated heterocycles. The van der Waals surface area contributed by atoms with Crippen molar-refractivity contribution in [2.75, 3.05) is 13.1 Å². The van der Waals surface area contributed by atoms with Gasteiger partial charge in [-0.05, 0) is 55.1 Å². The molecule has 6 heteroatoms. The zero-order valence-corrected chi connectivity index (χ0v) is 13.0. The van der Waals surface area contributed by atoms with Crippen molar-refractivity contribution in [1.82, 2.24) is 5.32 Å². The molecule has 0 bridgehead atoms. The lowest BCUT2D eigenvalue weighted by molar-refractivity contribution is 0.210.